The van der Waals surface area contributed by atoms with Crippen LogP contribution in [0.25, 0.3) is 0 Å². The van der Waals surface area contributed by atoms with Crippen molar-refractivity contribution in [3.8, 4) is 0 Å². The molecule has 2 N–H and O–H groups in total. The largest absolute Gasteiger partial charge is 0.480 e. The fourth-order valence-corrected chi connectivity index (χ4v) is 2.83. The number of ether oxygens (including phenoxy) is 1. The Balaban J connectivity index is 1.85. The molecule has 0 aliphatic carbocycles. The molecule has 1 fully saturated rings. The van der Waals surface area contributed by atoms with Crippen LogP contribution >= 0.6 is 15.9 Å². The Morgan fingerprint density at radius 1 is 1.36 bits per heavy atom. The summed E-state index contributed by atoms with van der Waals surface area (Å²) in [4.78, 5) is 23.4. The van der Waals surface area contributed by atoms with Gasteiger partial charge in [-0.2, -0.15) is 0 Å². The zero-order chi connectivity index (χ0) is 15.9. The van der Waals surface area contributed by atoms with E-state index in [4.69, 9.17) is 4.74 Å². The van der Waals surface area contributed by atoms with Gasteiger partial charge in [-0.3, -0.25) is 4.79 Å². The number of benzene rings is 1. The molecule has 1 aliphatic rings. The lowest BCUT2D eigenvalue weighted by Crippen LogP contribution is -2.48. The van der Waals surface area contributed by atoms with Gasteiger partial charge in [-0.15, -0.1) is 0 Å². The van der Waals surface area contributed by atoms with Crippen molar-refractivity contribution in [2.24, 2.45) is 5.92 Å². The molecular formula is C16H20BrNO4. The summed E-state index contributed by atoms with van der Waals surface area (Å²) in [5, 5.41) is 12.0. The summed E-state index contributed by atoms with van der Waals surface area (Å²) in [6.07, 6.45) is 2.47. The number of carboxylic acids is 1. The number of carbonyl (C=O) groups is 2. The number of hydrogen-bond acceptors (Lipinski definition) is 3. The van der Waals surface area contributed by atoms with E-state index in [1.807, 2.05) is 24.3 Å². The summed E-state index contributed by atoms with van der Waals surface area (Å²) in [6.45, 7) is 1.06. The topological polar surface area (TPSA) is 75.6 Å². The standard InChI is InChI=1S/C16H20BrNO4/c17-13-6-3-11(4-7-13)5-8-14(19)18-15(16(20)21)12-2-1-9-22-10-12/h3-4,6-7,12,15H,1-2,5,8-10H2,(H,18,19)(H,20,21). The Labute approximate surface area is 138 Å². The van der Waals surface area contributed by atoms with Crippen LogP contribution in [-0.2, 0) is 20.7 Å². The monoisotopic (exact) mass is 369 g/mol. The number of amides is 1. The van der Waals surface area contributed by atoms with Crippen molar-refractivity contribution in [3.63, 3.8) is 0 Å². The highest BCUT2D eigenvalue weighted by atomic mass is 79.9. The third-order valence-corrected chi connectivity index (χ3v) is 4.33. The zero-order valence-electron chi connectivity index (χ0n) is 12.3. The number of aryl methyl sites for hydroxylation is 1. The number of aliphatic carboxylic acids is 1. The molecule has 22 heavy (non-hydrogen) atoms. The molecule has 0 aromatic heterocycles. The molecular weight excluding hydrogens is 350 g/mol. The van der Waals surface area contributed by atoms with Crippen molar-refractivity contribution in [2.45, 2.75) is 31.7 Å². The van der Waals surface area contributed by atoms with Gasteiger partial charge in [0, 0.05) is 23.4 Å². The summed E-state index contributed by atoms with van der Waals surface area (Å²) in [7, 11) is 0. The molecule has 0 radical (unpaired) electrons. The molecule has 1 saturated heterocycles. The van der Waals surface area contributed by atoms with Gasteiger partial charge in [-0.25, -0.2) is 4.79 Å². The van der Waals surface area contributed by atoms with Gasteiger partial charge in [0.1, 0.15) is 6.04 Å². The molecule has 0 bridgehead atoms. The van der Waals surface area contributed by atoms with Crippen LogP contribution < -0.4 is 5.32 Å². The minimum atomic E-state index is -0.993. The van der Waals surface area contributed by atoms with Crippen LogP contribution in [0.4, 0.5) is 0 Å². The summed E-state index contributed by atoms with van der Waals surface area (Å²) >= 11 is 3.36. The molecule has 120 valence electrons. The minimum Gasteiger partial charge on any atom is -0.480 e. The molecule has 0 saturated carbocycles. The molecule has 2 unspecified atom stereocenters. The molecule has 5 nitrogen and oxygen atoms in total. The number of carbonyl (C=O) groups excluding carboxylic acids is 1. The first-order valence-electron chi connectivity index (χ1n) is 7.40. The fraction of sp³-hybridized carbons (Fsp3) is 0.500. The predicted molar refractivity (Wildman–Crippen MR) is 85.6 cm³/mol. The second kappa shape index (κ2) is 8.29. The Kier molecular flexibility index (Phi) is 6.39. The van der Waals surface area contributed by atoms with Crippen LogP contribution in [0.15, 0.2) is 28.7 Å². The van der Waals surface area contributed by atoms with E-state index in [9.17, 15) is 14.7 Å². The van der Waals surface area contributed by atoms with Crippen molar-refractivity contribution in [1.29, 1.82) is 0 Å². The Hall–Kier alpha value is -1.40. The second-order valence-corrected chi connectivity index (χ2v) is 6.40. The first kappa shape index (κ1) is 17.0. The fourth-order valence-electron chi connectivity index (χ4n) is 2.56. The Bertz CT molecular complexity index is 511. The molecule has 1 amide bonds. The van der Waals surface area contributed by atoms with E-state index in [0.29, 0.717) is 19.6 Å². The van der Waals surface area contributed by atoms with Crippen LogP contribution in [0.3, 0.4) is 0 Å². The average Bonchev–Trinajstić information content (AvgIpc) is 2.52. The molecule has 1 heterocycles. The summed E-state index contributed by atoms with van der Waals surface area (Å²) in [6, 6.07) is 6.87. The molecule has 1 aliphatic heterocycles. The smallest absolute Gasteiger partial charge is 0.326 e. The van der Waals surface area contributed by atoms with Crippen molar-refractivity contribution >= 4 is 27.8 Å². The quantitative estimate of drug-likeness (QED) is 0.806. The van der Waals surface area contributed by atoms with E-state index in [2.05, 4.69) is 21.2 Å². The summed E-state index contributed by atoms with van der Waals surface area (Å²) in [5.41, 5.74) is 1.05. The van der Waals surface area contributed by atoms with E-state index in [1.54, 1.807) is 0 Å². The number of nitrogens with one attached hydrogen (secondary N) is 1. The maximum absolute atomic E-state index is 12.0. The van der Waals surface area contributed by atoms with Crippen LogP contribution in [0.1, 0.15) is 24.8 Å². The van der Waals surface area contributed by atoms with E-state index < -0.39 is 12.0 Å². The Morgan fingerprint density at radius 2 is 2.09 bits per heavy atom. The SMILES string of the molecule is O=C(CCc1ccc(Br)cc1)NC(C(=O)O)C1CCCOC1. The van der Waals surface area contributed by atoms with Gasteiger partial charge in [-0.05, 0) is 37.0 Å². The molecule has 1 aromatic rings. The van der Waals surface area contributed by atoms with Gasteiger partial charge in [0.15, 0.2) is 0 Å². The second-order valence-electron chi connectivity index (χ2n) is 5.49. The average molecular weight is 370 g/mol. The lowest BCUT2D eigenvalue weighted by molar-refractivity contribution is -0.145. The lowest BCUT2D eigenvalue weighted by atomic mass is 9.93. The molecule has 1 aromatic carbocycles. The molecule has 0 spiro atoms. The molecule has 6 heteroatoms. The van der Waals surface area contributed by atoms with Crippen molar-refractivity contribution in [1.82, 2.24) is 5.32 Å². The minimum absolute atomic E-state index is 0.150. The highest BCUT2D eigenvalue weighted by Crippen LogP contribution is 2.18. The van der Waals surface area contributed by atoms with Crippen LogP contribution in [0, 0.1) is 5.92 Å². The van der Waals surface area contributed by atoms with Crippen molar-refractivity contribution in [3.05, 3.63) is 34.3 Å². The van der Waals surface area contributed by atoms with Gasteiger partial charge in [-0.1, -0.05) is 28.1 Å². The van der Waals surface area contributed by atoms with E-state index in [-0.39, 0.29) is 18.2 Å². The first-order chi connectivity index (χ1) is 10.6. The predicted octanol–water partition coefficient (Wildman–Crippen LogP) is 2.38. The van der Waals surface area contributed by atoms with Crippen LogP contribution in [0.5, 0.6) is 0 Å². The van der Waals surface area contributed by atoms with Gasteiger partial charge in [0.2, 0.25) is 5.91 Å². The van der Waals surface area contributed by atoms with Gasteiger partial charge in [0.25, 0.3) is 0 Å². The maximum Gasteiger partial charge on any atom is 0.326 e. The van der Waals surface area contributed by atoms with Crippen molar-refractivity contribution in [2.75, 3.05) is 13.2 Å². The van der Waals surface area contributed by atoms with Gasteiger partial charge in [0.05, 0.1) is 6.61 Å². The molecule has 2 rings (SSSR count). The normalized spacial score (nSPS) is 19.4. The number of hydrogen-bond donors (Lipinski definition) is 2. The third-order valence-electron chi connectivity index (χ3n) is 3.80. The number of carboxylic acid groups (broad SMARTS) is 1. The van der Waals surface area contributed by atoms with Crippen LogP contribution in [-0.4, -0.2) is 36.2 Å². The van der Waals surface area contributed by atoms with Gasteiger partial charge < -0.3 is 15.2 Å². The lowest BCUT2D eigenvalue weighted by Gasteiger charge is -2.28. The molecule has 2 atom stereocenters. The number of rotatable bonds is 6. The van der Waals surface area contributed by atoms with Crippen LogP contribution in [0.2, 0.25) is 0 Å². The van der Waals surface area contributed by atoms with E-state index in [0.717, 1.165) is 22.9 Å². The summed E-state index contributed by atoms with van der Waals surface area (Å²) in [5.74, 6) is -1.38. The first-order valence-corrected chi connectivity index (χ1v) is 8.20. The maximum atomic E-state index is 12.0. The third kappa shape index (κ3) is 5.10. The zero-order valence-corrected chi connectivity index (χ0v) is 13.8. The highest BCUT2D eigenvalue weighted by molar-refractivity contribution is 9.10. The Morgan fingerprint density at radius 3 is 2.68 bits per heavy atom. The van der Waals surface area contributed by atoms with Gasteiger partial charge >= 0.3 is 5.97 Å². The number of halogens is 1. The van der Waals surface area contributed by atoms with Crippen molar-refractivity contribution < 1.29 is 19.4 Å². The van der Waals surface area contributed by atoms with E-state index in [1.165, 1.54) is 0 Å². The summed E-state index contributed by atoms with van der Waals surface area (Å²) < 4.78 is 6.31. The van der Waals surface area contributed by atoms with E-state index >= 15 is 0 Å². The highest BCUT2D eigenvalue weighted by Gasteiger charge is 2.31.